The van der Waals surface area contributed by atoms with Gasteiger partial charge in [0.05, 0.1) is 5.69 Å². The molecule has 1 aromatic carbocycles. The Hall–Kier alpha value is -2.41. The SMILES string of the molecule is Nc1cccc(N=Cc2c(O)[nH]c(=S)[nH]c2=O)c1. The van der Waals surface area contributed by atoms with E-state index in [0.717, 1.165) is 0 Å². The molecule has 0 saturated heterocycles. The number of nitrogens with one attached hydrogen (secondary N) is 2. The van der Waals surface area contributed by atoms with Crippen LogP contribution >= 0.6 is 12.2 Å². The zero-order valence-corrected chi connectivity index (χ0v) is 9.99. The number of aromatic nitrogens is 2. The van der Waals surface area contributed by atoms with Gasteiger partial charge in [-0.2, -0.15) is 0 Å². The van der Waals surface area contributed by atoms with E-state index in [-0.39, 0.29) is 16.2 Å². The molecule has 0 amide bonds. The molecule has 1 aromatic heterocycles. The van der Waals surface area contributed by atoms with Gasteiger partial charge in [0.2, 0.25) is 5.88 Å². The zero-order valence-electron chi connectivity index (χ0n) is 9.18. The summed E-state index contributed by atoms with van der Waals surface area (Å²) in [5.41, 5.74) is 6.24. The fourth-order valence-electron chi connectivity index (χ4n) is 1.35. The van der Waals surface area contributed by atoms with Crippen molar-refractivity contribution in [2.45, 2.75) is 0 Å². The van der Waals surface area contributed by atoms with Gasteiger partial charge in [0.25, 0.3) is 5.56 Å². The third kappa shape index (κ3) is 2.64. The highest BCUT2D eigenvalue weighted by atomic mass is 32.1. The van der Waals surface area contributed by atoms with Crippen LogP contribution in [0.1, 0.15) is 5.56 Å². The van der Waals surface area contributed by atoms with Gasteiger partial charge in [0.1, 0.15) is 5.56 Å². The van der Waals surface area contributed by atoms with E-state index in [9.17, 15) is 9.90 Å². The molecular weight excluding hydrogens is 252 g/mol. The molecule has 0 aliphatic rings. The van der Waals surface area contributed by atoms with Crippen molar-refractivity contribution < 1.29 is 5.11 Å². The first-order valence-electron chi connectivity index (χ1n) is 5.01. The second-order valence-electron chi connectivity index (χ2n) is 3.52. The van der Waals surface area contributed by atoms with Crippen LogP contribution in [-0.2, 0) is 0 Å². The molecule has 7 heteroatoms. The maximum atomic E-state index is 11.5. The third-order valence-electron chi connectivity index (χ3n) is 2.17. The van der Waals surface area contributed by atoms with Crippen molar-refractivity contribution in [1.82, 2.24) is 9.97 Å². The minimum Gasteiger partial charge on any atom is -0.494 e. The number of aromatic amines is 2. The van der Waals surface area contributed by atoms with Gasteiger partial charge < -0.3 is 15.8 Å². The zero-order chi connectivity index (χ0) is 13.1. The summed E-state index contributed by atoms with van der Waals surface area (Å²) < 4.78 is 0.0543. The van der Waals surface area contributed by atoms with Crippen LogP contribution in [0.3, 0.4) is 0 Å². The van der Waals surface area contributed by atoms with E-state index in [4.69, 9.17) is 18.0 Å². The van der Waals surface area contributed by atoms with E-state index in [2.05, 4.69) is 15.0 Å². The molecule has 0 aliphatic heterocycles. The Labute approximate surface area is 107 Å². The first-order valence-corrected chi connectivity index (χ1v) is 5.42. The smallest absolute Gasteiger partial charge is 0.264 e. The molecule has 2 rings (SSSR count). The first kappa shape index (κ1) is 12.1. The second-order valence-corrected chi connectivity index (χ2v) is 3.93. The Kier molecular flexibility index (Phi) is 3.24. The molecule has 6 nitrogen and oxygen atoms in total. The lowest BCUT2D eigenvalue weighted by molar-refractivity contribution is 0.449. The molecule has 0 bridgehead atoms. The van der Waals surface area contributed by atoms with Crippen LogP contribution in [0.4, 0.5) is 11.4 Å². The average molecular weight is 262 g/mol. The number of rotatable bonds is 2. The quantitative estimate of drug-likeness (QED) is 0.373. The van der Waals surface area contributed by atoms with Crippen LogP contribution < -0.4 is 11.3 Å². The third-order valence-corrected chi connectivity index (χ3v) is 2.38. The molecule has 0 saturated carbocycles. The van der Waals surface area contributed by atoms with E-state index in [1.165, 1.54) is 6.21 Å². The van der Waals surface area contributed by atoms with Crippen LogP contribution in [0.15, 0.2) is 34.1 Å². The molecule has 0 atom stereocenters. The summed E-state index contributed by atoms with van der Waals surface area (Å²) in [5, 5.41) is 9.55. The highest BCUT2D eigenvalue weighted by Gasteiger charge is 2.04. The maximum Gasteiger partial charge on any atom is 0.264 e. The molecule has 2 aromatic rings. The molecule has 5 N–H and O–H groups in total. The number of hydrogen-bond acceptors (Lipinski definition) is 5. The topological polar surface area (TPSA) is 107 Å². The van der Waals surface area contributed by atoms with Gasteiger partial charge in [0, 0.05) is 11.9 Å². The van der Waals surface area contributed by atoms with Crippen LogP contribution in [0, 0.1) is 4.77 Å². The number of benzene rings is 1. The summed E-state index contributed by atoms with van der Waals surface area (Å²) >= 11 is 4.71. The molecule has 0 radical (unpaired) electrons. The molecule has 92 valence electrons. The molecule has 0 fully saturated rings. The lowest BCUT2D eigenvalue weighted by atomic mass is 10.3. The van der Waals surface area contributed by atoms with Gasteiger partial charge in [0.15, 0.2) is 4.77 Å². The van der Waals surface area contributed by atoms with Gasteiger partial charge in [-0.1, -0.05) is 6.07 Å². The number of nitrogens with zero attached hydrogens (tertiary/aromatic N) is 1. The first-order chi connectivity index (χ1) is 8.56. The van der Waals surface area contributed by atoms with E-state index >= 15 is 0 Å². The largest absolute Gasteiger partial charge is 0.494 e. The summed E-state index contributed by atoms with van der Waals surface area (Å²) in [5.74, 6) is -0.323. The predicted octanol–water partition coefficient (Wildman–Crippen LogP) is 1.47. The lowest BCUT2D eigenvalue weighted by Gasteiger charge is -1.98. The molecule has 0 aliphatic carbocycles. The van der Waals surface area contributed by atoms with Gasteiger partial charge in [-0.25, -0.2) is 0 Å². The Morgan fingerprint density at radius 1 is 1.39 bits per heavy atom. The Morgan fingerprint density at radius 2 is 2.17 bits per heavy atom. The number of H-pyrrole nitrogens is 2. The molecular formula is C11H10N4O2S. The van der Waals surface area contributed by atoms with Crippen molar-refractivity contribution in [1.29, 1.82) is 0 Å². The predicted molar refractivity (Wildman–Crippen MR) is 72.0 cm³/mol. The summed E-state index contributed by atoms with van der Waals surface area (Å²) in [6.07, 6.45) is 1.24. The molecule has 1 heterocycles. The van der Waals surface area contributed by atoms with Crippen molar-refractivity contribution in [3.63, 3.8) is 0 Å². The normalized spacial score (nSPS) is 10.9. The minimum atomic E-state index is -0.510. The summed E-state index contributed by atoms with van der Waals surface area (Å²) in [6, 6.07) is 6.84. The number of aromatic hydroxyl groups is 1. The van der Waals surface area contributed by atoms with Crippen molar-refractivity contribution in [3.05, 3.63) is 45.0 Å². The van der Waals surface area contributed by atoms with Crippen LogP contribution in [0.5, 0.6) is 5.88 Å². The molecule has 0 spiro atoms. The number of nitrogens with two attached hydrogens (primary N) is 1. The summed E-state index contributed by atoms with van der Waals surface area (Å²) in [7, 11) is 0. The highest BCUT2D eigenvalue weighted by molar-refractivity contribution is 7.71. The Morgan fingerprint density at radius 3 is 2.83 bits per heavy atom. The van der Waals surface area contributed by atoms with E-state index in [0.29, 0.717) is 11.4 Å². The van der Waals surface area contributed by atoms with Gasteiger partial charge in [-0.15, -0.1) is 0 Å². The standard InChI is InChI=1S/C11H10N4O2S/c12-6-2-1-3-7(4-6)13-5-8-9(16)14-11(18)15-10(8)17/h1-5H,12H2,(H3,14,15,16,17,18). The minimum absolute atomic E-state index is 0.00558. The molecule has 0 unspecified atom stereocenters. The maximum absolute atomic E-state index is 11.5. The van der Waals surface area contributed by atoms with E-state index in [1.807, 2.05) is 0 Å². The highest BCUT2D eigenvalue weighted by Crippen LogP contribution is 2.15. The summed E-state index contributed by atoms with van der Waals surface area (Å²) in [4.78, 5) is 20.4. The molecule has 18 heavy (non-hydrogen) atoms. The number of hydrogen-bond donors (Lipinski definition) is 4. The van der Waals surface area contributed by atoms with Gasteiger partial charge in [-0.05, 0) is 30.4 Å². The van der Waals surface area contributed by atoms with Crippen LogP contribution in [0.25, 0.3) is 0 Å². The van der Waals surface area contributed by atoms with Crippen molar-refractivity contribution in [3.8, 4) is 5.88 Å². The van der Waals surface area contributed by atoms with Crippen LogP contribution in [0.2, 0.25) is 0 Å². The average Bonchev–Trinajstić information content (AvgIpc) is 2.27. The van der Waals surface area contributed by atoms with Crippen LogP contribution in [-0.4, -0.2) is 21.3 Å². The number of aliphatic imine (C=N–C) groups is 1. The Balaban J connectivity index is 2.41. The fourth-order valence-corrected chi connectivity index (χ4v) is 1.54. The summed E-state index contributed by atoms with van der Waals surface area (Å²) in [6.45, 7) is 0. The Bertz CT molecular complexity index is 717. The van der Waals surface area contributed by atoms with Gasteiger partial charge >= 0.3 is 0 Å². The lowest BCUT2D eigenvalue weighted by Crippen LogP contribution is -2.13. The monoisotopic (exact) mass is 262 g/mol. The number of anilines is 1. The van der Waals surface area contributed by atoms with Crippen molar-refractivity contribution >= 4 is 29.8 Å². The fraction of sp³-hybridized carbons (Fsp3) is 0. The van der Waals surface area contributed by atoms with E-state index < -0.39 is 5.56 Å². The van der Waals surface area contributed by atoms with Crippen molar-refractivity contribution in [2.24, 2.45) is 4.99 Å². The van der Waals surface area contributed by atoms with Crippen molar-refractivity contribution in [2.75, 3.05) is 5.73 Å². The number of nitrogen functional groups attached to an aromatic ring is 1. The van der Waals surface area contributed by atoms with Gasteiger partial charge in [-0.3, -0.25) is 14.8 Å². The second kappa shape index (κ2) is 4.84. The van der Waals surface area contributed by atoms with E-state index in [1.54, 1.807) is 24.3 Å².